The van der Waals surface area contributed by atoms with E-state index in [1.165, 1.54) is 0 Å². The zero-order valence-corrected chi connectivity index (χ0v) is 12.6. The lowest BCUT2D eigenvalue weighted by Crippen LogP contribution is -2.59. The van der Waals surface area contributed by atoms with Crippen LogP contribution in [-0.4, -0.2) is 85.0 Å². The van der Waals surface area contributed by atoms with Crippen LogP contribution < -0.4 is 5.32 Å². The van der Waals surface area contributed by atoms with Gasteiger partial charge in [0.15, 0.2) is 0 Å². The molecule has 0 aromatic rings. The van der Waals surface area contributed by atoms with Crippen LogP contribution in [0.5, 0.6) is 0 Å². The highest BCUT2D eigenvalue weighted by atomic mass is 16.2. The largest absolute Gasteiger partial charge is 0.340 e. The summed E-state index contributed by atoms with van der Waals surface area (Å²) in [5.41, 5.74) is 0.223. The minimum Gasteiger partial charge on any atom is -0.340 e. The second-order valence-electron chi connectivity index (χ2n) is 6.33. The van der Waals surface area contributed by atoms with Crippen LogP contribution in [0.25, 0.3) is 0 Å². The maximum Gasteiger partial charge on any atom is 0.219 e. The topological polar surface area (TPSA) is 38.8 Å². The summed E-state index contributed by atoms with van der Waals surface area (Å²) < 4.78 is 0. The predicted molar refractivity (Wildman–Crippen MR) is 77.2 cm³/mol. The Balaban J connectivity index is 1.82. The van der Waals surface area contributed by atoms with Crippen LogP contribution in [0.3, 0.4) is 0 Å². The van der Waals surface area contributed by atoms with Gasteiger partial charge in [-0.1, -0.05) is 0 Å². The number of hydrogen-bond donors (Lipinski definition) is 1. The van der Waals surface area contributed by atoms with Gasteiger partial charge in [0.25, 0.3) is 0 Å². The maximum absolute atomic E-state index is 11.3. The maximum atomic E-state index is 11.3. The summed E-state index contributed by atoms with van der Waals surface area (Å²) in [6.07, 6.45) is 0. The summed E-state index contributed by atoms with van der Waals surface area (Å²) in [6.45, 7) is 15.7. The van der Waals surface area contributed by atoms with Crippen molar-refractivity contribution in [1.82, 2.24) is 20.0 Å². The van der Waals surface area contributed by atoms with Gasteiger partial charge in [-0.3, -0.25) is 14.6 Å². The average Bonchev–Trinajstić information content (AvgIpc) is 2.40. The molecule has 0 aromatic carbocycles. The van der Waals surface area contributed by atoms with Crippen molar-refractivity contribution >= 4 is 5.91 Å². The first-order valence-corrected chi connectivity index (χ1v) is 7.43. The third-order valence-corrected chi connectivity index (χ3v) is 4.40. The van der Waals surface area contributed by atoms with Crippen LogP contribution in [0.2, 0.25) is 0 Å². The number of hydrogen-bond acceptors (Lipinski definition) is 4. The van der Waals surface area contributed by atoms with Crippen LogP contribution in [0.1, 0.15) is 20.8 Å². The van der Waals surface area contributed by atoms with Gasteiger partial charge in [-0.15, -0.1) is 0 Å². The van der Waals surface area contributed by atoms with Crippen molar-refractivity contribution in [2.75, 3.05) is 58.9 Å². The molecular formula is C14H28N4O. The van der Waals surface area contributed by atoms with E-state index in [2.05, 4.69) is 29.0 Å². The minimum atomic E-state index is 0.209. The number of nitrogens with zero attached hydrogens (tertiary/aromatic N) is 3. The Morgan fingerprint density at radius 1 is 1.05 bits per heavy atom. The molecule has 2 fully saturated rings. The molecule has 2 aliphatic rings. The summed E-state index contributed by atoms with van der Waals surface area (Å²) >= 11 is 0. The molecule has 0 aliphatic carbocycles. The molecule has 0 spiro atoms. The van der Waals surface area contributed by atoms with E-state index >= 15 is 0 Å². The molecule has 5 heteroatoms. The van der Waals surface area contributed by atoms with E-state index < -0.39 is 0 Å². The second-order valence-corrected chi connectivity index (χ2v) is 6.33. The molecule has 2 heterocycles. The van der Waals surface area contributed by atoms with Crippen molar-refractivity contribution in [3.63, 3.8) is 0 Å². The van der Waals surface area contributed by atoms with E-state index in [0.29, 0.717) is 0 Å². The molecule has 0 atom stereocenters. The Morgan fingerprint density at radius 2 is 1.63 bits per heavy atom. The number of rotatable bonds is 3. The highest BCUT2D eigenvalue weighted by molar-refractivity contribution is 5.73. The van der Waals surface area contributed by atoms with Gasteiger partial charge in [-0.25, -0.2) is 0 Å². The van der Waals surface area contributed by atoms with Crippen LogP contribution in [-0.2, 0) is 4.79 Å². The summed E-state index contributed by atoms with van der Waals surface area (Å²) in [5, 5.41) is 3.41. The predicted octanol–water partition coefficient (Wildman–Crippen LogP) is -0.166. The van der Waals surface area contributed by atoms with Crippen LogP contribution in [0.15, 0.2) is 0 Å². The van der Waals surface area contributed by atoms with Gasteiger partial charge in [0, 0.05) is 71.4 Å². The lowest BCUT2D eigenvalue weighted by Gasteiger charge is -2.45. The molecule has 1 amide bonds. The Kier molecular flexibility index (Phi) is 4.81. The molecular weight excluding hydrogens is 240 g/mol. The van der Waals surface area contributed by atoms with E-state index in [9.17, 15) is 4.79 Å². The molecule has 0 unspecified atom stereocenters. The normalized spacial score (nSPS) is 23.6. The zero-order valence-electron chi connectivity index (χ0n) is 12.6. The van der Waals surface area contributed by atoms with Crippen LogP contribution in [0, 0.1) is 0 Å². The molecule has 1 N–H and O–H groups in total. The average molecular weight is 268 g/mol. The van der Waals surface area contributed by atoms with Crippen LogP contribution >= 0.6 is 0 Å². The SMILES string of the molecule is CC(=O)N1CCN(CC(C)(C)N2CCNCC2)CC1. The fourth-order valence-electron chi connectivity index (χ4n) is 3.14. The highest BCUT2D eigenvalue weighted by Gasteiger charge is 2.31. The van der Waals surface area contributed by atoms with E-state index in [1.54, 1.807) is 6.92 Å². The molecule has 5 nitrogen and oxygen atoms in total. The van der Waals surface area contributed by atoms with Gasteiger partial charge in [0.2, 0.25) is 5.91 Å². The molecule has 0 saturated carbocycles. The first-order valence-electron chi connectivity index (χ1n) is 7.43. The quantitative estimate of drug-likeness (QED) is 0.772. The fourth-order valence-corrected chi connectivity index (χ4v) is 3.14. The molecule has 0 radical (unpaired) electrons. The third kappa shape index (κ3) is 3.91. The molecule has 0 bridgehead atoms. The summed E-state index contributed by atoms with van der Waals surface area (Å²) in [7, 11) is 0. The Labute approximate surface area is 116 Å². The van der Waals surface area contributed by atoms with Gasteiger partial charge < -0.3 is 10.2 Å². The zero-order chi connectivity index (χ0) is 13.9. The van der Waals surface area contributed by atoms with Crippen molar-refractivity contribution in [3.8, 4) is 0 Å². The Hall–Kier alpha value is -0.650. The third-order valence-electron chi connectivity index (χ3n) is 4.40. The van der Waals surface area contributed by atoms with Crippen molar-refractivity contribution in [2.24, 2.45) is 0 Å². The monoisotopic (exact) mass is 268 g/mol. The standard InChI is InChI=1S/C14H28N4O/c1-13(19)17-10-8-16(9-11-17)12-14(2,3)18-6-4-15-5-7-18/h15H,4-12H2,1-3H3. The summed E-state index contributed by atoms with van der Waals surface area (Å²) in [5.74, 6) is 0.209. The number of carbonyl (C=O) groups is 1. The molecule has 0 aromatic heterocycles. The van der Waals surface area contributed by atoms with E-state index in [1.807, 2.05) is 4.90 Å². The molecule has 2 saturated heterocycles. The molecule has 19 heavy (non-hydrogen) atoms. The van der Waals surface area contributed by atoms with Gasteiger partial charge in [-0.2, -0.15) is 0 Å². The second kappa shape index (κ2) is 6.20. The van der Waals surface area contributed by atoms with Crippen LogP contribution in [0.4, 0.5) is 0 Å². The van der Waals surface area contributed by atoms with Crippen molar-refractivity contribution in [2.45, 2.75) is 26.3 Å². The Bertz CT molecular complexity index is 305. The molecule has 2 rings (SSSR count). The first-order chi connectivity index (χ1) is 8.99. The molecule has 110 valence electrons. The lowest BCUT2D eigenvalue weighted by atomic mass is 10.0. The summed E-state index contributed by atoms with van der Waals surface area (Å²) in [6, 6.07) is 0. The van der Waals surface area contributed by atoms with Gasteiger partial charge in [0.05, 0.1) is 0 Å². The number of amides is 1. The van der Waals surface area contributed by atoms with Gasteiger partial charge in [0.1, 0.15) is 0 Å². The van der Waals surface area contributed by atoms with Gasteiger partial charge >= 0.3 is 0 Å². The Morgan fingerprint density at radius 3 is 2.16 bits per heavy atom. The van der Waals surface area contributed by atoms with Crippen molar-refractivity contribution in [3.05, 3.63) is 0 Å². The van der Waals surface area contributed by atoms with Crippen molar-refractivity contribution < 1.29 is 4.79 Å². The van der Waals surface area contributed by atoms with E-state index in [4.69, 9.17) is 0 Å². The number of piperazine rings is 2. The number of nitrogens with one attached hydrogen (secondary N) is 1. The number of carbonyl (C=O) groups excluding carboxylic acids is 1. The lowest BCUT2D eigenvalue weighted by molar-refractivity contribution is -0.130. The van der Waals surface area contributed by atoms with E-state index in [0.717, 1.165) is 58.9 Å². The van der Waals surface area contributed by atoms with E-state index in [-0.39, 0.29) is 11.4 Å². The minimum absolute atomic E-state index is 0.209. The molecule has 2 aliphatic heterocycles. The first kappa shape index (κ1) is 14.8. The fraction of sp³-hybridized carbons (Fsp3) is 0.929. The van der Waals surface area contributed by atoms with Gasteiger partial charge in [-0.05, 0) is 13.8 Å². The highest BCUT2D eigenvalue weighted by Crippen LogP contribution is 2.17. The summed E-state index contributed by atoms with van der Waals surface area (Å²) in [4.78, 5) is 18.4. The van der Waals surface area contributed by atoms with Crippen molar-refractivity contribution in [1.29, 1.82) is 0 Å². The smallest absolute Gasteiger partial charge is 0.219 e.